The van der Waals surface area contributed by atoms with Crippen LogP contribution in [0, 0.1) is 21.4 Å². The molecule has 0 aliphatic rings. The molecule has 6 nitrogen and oxygen atoms in total. The quantitative estimate of drug-likeness (QED) is 0.638. The summed E-state index contributed by atoms with van der Waals surface area (Å²) in [5.74, 6) is 0.674. The molecule has 0 amide bonds. The van der Waals surface area contributed by atoms with Gasteiger partial charge in [-0.25, -0.2) is 0 Å². The van der Waals surface area contributed by atoms with Crippen LogP contribution in [-0.2, 0) is 0 Å². The van der Waals surface area contributed by atoms with Gasteiger partial charge in [-0.15, -0.1) is 0 Å². The van der Waals surface area contributed by atoms with Gasteiger partial charge >= 0.3 is 0 Å². The summed E-state index contributed by atoms with van der Waals surface area (Å²) in [6.07, 6.45) is 3.07. The van der Waals surface area contributed by atoms with Gasteiger partial charge in [-0.05, 0) is 28.1 Å². The average Bonchev–Trinajstić information content (AvgIpc) is 2.39. The number of benzene rings is 1. The Morgan fingerprint density at radius 2 is 2.16 bits per heavy atom. The fourth-order valence-corrected chi connectivity index (χ4v) is 1.73. The van der Waals surface area contributed by atoms with Crippen molar-refractivity contribution in [3.63, 3.8) is 0 Å². The van der Waals surface area contributed by atoms with Crippen molar-refractivity contribution in [2.75, 3.05) is 0 Å². The first kappa shape index (κ1) is 13.0. The summed E-state index contributed by atoms with van der Waals surface area (Å²) in [6.45, 7) is 0. The Hall–Kier alpha value is -2.46. The van der Waals surface area contributed by atoms with Crippen LogP contribution in [0.3, 0.4) is 0 Å². The predicted molar refractivity (Wildman–Crippen MR) is 69.8 cm³/mol. The van der Waals surface area contributed by atoms with E-state index in [1.807, 2.05) is 6.07 Å². The van der Waals surface area contributed by atoms with Crippen molar-refractivity contribution in [1.82, 2.24) is 4.98 Å². The molecule has 2 rings (SSSR count). The fraction of sp³-hybridized carbons (Fsp3) is 0. The smallest absolute Gasteiger partial charge is 0.271 e. The van der Waals surface area contributed by atoms with Crippen molar-refractivity contribution in [2.24, 2.45) is 0 Å². The van der Waals surface area contributed by atoms with Gasteiger partial charge in [0.25, 0.3) is 5.69 Å². The molecule has 0 bridgehead atoms. The summed E-state index contributed by atoms with van der Waals surface area (Å²) in [5.41, 5.74) is -0.0644. The minimum atomic E-state index is -0.564. The number of non-ortho nitro benzene ring substituents is 1. The van der Waals surface area contributed by atoms with Crippen LogP contribution in [0.15, 0.2) is 41.1 Å². The summed E-state index contributed by atoms with van der Waals surface area (Å²) >= 11 is 3.24. The van der Waals surface area contributed by atoms with Gasteiger partial charge < -0.3 is 4.74 Å². The van der Waals surface area contributed by atoms with Gasteiger partial charge in [0.15, 0.2) is 0 Å². The molecule has 0 aliphatic carbocycles. The van der Waals surface area contributed by atoms with Crippen LogP contribution in [0.2, 0.25) is 0 Å². The Labute approximate surface area is 116 Å². The molecule has 1 aromatic carbocycles. The number of nitrogens with zero attached hydrogens (tertiary/aromatic N) is 3. The number of pyridine rings is 1. The molecular formula is C12H6BrN3O3. The highest BCUT2D eigenvalue weighted by Crippen LogP contribution is 2.28. The zero-order valence-electron chi connectivity index (χ0n) is 9.41. The zero-order chi connectivity index (χ0) is 13.8. The molecule has 2 aromatic rings. The predicted octanol–water partition coefficient (Wildman–Crippen LogP) is 3.42. The summed E-state index contributed by atoms with van der Waals surface area (Å²) in [6, 6.07) is 7.37. The lowest BCUT2D eigenvalue weighted by Crippen LogP contribution is -1.92. The van der Waals surface area contributed by atoms with Crippen molar-refractivity contribution < 1.29 is 9.66 Å². The molecule has 0 fully saturated rings. The van der Waals surface area contributed by atoms with Crippen molar-refractivity contribution in [1.29, 1.82) is 5.26 Å². The van der Waals surface area contributed by atoms with Crippen LogP contribution in [0.25, 0.3) is 0 Å². The summed E-state index contributed by atoms with van der Waals surface area (Å²) in [7, 11) is 0. The largest absolute Gasteiger partial charge is 0.454 e. The summed E-state index contributed by atoms with van der Waals surface area (Å²) in [4.78, 5) is 14.0. The molecule has 0 radical (unpaired) electrons. The van der Waals surface area contributed by atoms with Gasteiger partial charge in [0, 0.05) is 22.8 Å². The second-order valence-electron chi connectivity index (χ2n) is 3.49. The van der Waals surface area contributed by atoms with Crippen LogP contribution in [0.5, 0.6) is 11.5 Å². The monoisotopic (exact) mass is 319 g/mol. The molecule has 0 aliphatic heterocycles. The van der Waals surface area contributed by atoms with Crippen LogP contribution >= 0.6 is 15.9 Å². The zero-order valence-corrected chi connectivity index (χ0v) is 11.0. The van der Waals surface area contributed by atoms with Gasteiger partial charge in [0.1, 0.15) is 23.1 Å². The number of nitro benzene ring substituents is 1. The fourth-order valence-electron chi connectivity index (χ4n) is 1.38. The van der Waals surface area contributed by atoms with E-state index < -0.39 is 4.92 Å². The van der Waals surface area contributed by atoms with Gasteiger partial charge in [-0.2, -0.15) is 5.26 Å². The van der Waals surface area contributed by atoms with Crippen LogP contribution in [-0.4, -0.2) is 9.91 Å². The van der Waals surface area contributed by atoms with Crippen molar-refractivity contribution >= 4 is 21.6 Å². The van der Waals surface area contributed by atoms with E-state index in [0.717, 1.165) is 4.47 Å². The van der Waals surface area contributed by atoms with Crippen molar-refractivity contribution in [3.05, 3.63) is 56.8 Å². The molecular weight excluding hydrogens is 314 g/mol. The molecule has 1 heterocycles. The lowest BCUT2D eigenvalue weighted by molar-refractivity contribution is -0.384. The third kappa shape index (κ3) is 3.05. The molecule has 94 valence electrons. The van der Waals surface area contributed by atoms with Crippen LogP contribution < -0.4 is 4.74 Å². The normalized spacial score (nSPS) is 9.68. The summed E-state index contributed by atoms with van der Waals surface area (Å²) in [5, 5.41) is 19.6. The molecule has 1 aromatic heterocycles. The number of aromatic nitrogens is 1. The standard InChI is InChI=1S/C12H6BrN3O3/c13-9-4-11(7-15-6-9)19-12-2-1-10(16(17)18)3-8(12)5-14/h1-4,6-7H. The Bertz CT molecular complexity index is 682. The number of rotatable bonds is 3. The Kier molecular flexibility index (Phi) is 3.73. The number of nitriles is 1. The third-order valence-electron chi connectivity index (χ3n) is 2.20. The summed E-state index contributed by atoms with van der Waals surface area (Å²) < 4.78 is 6.21. The lowest BCUT2D eigenvalue weighted by atomic mass is 10.2. The van der Waals surface area contributed by atoms with Crippen LogP contribution in [0.1, 0.15) is 5.56 Å². The topological polar surface area (TPSA) is 89.0 Å². The minimum absolute atomic E-state index is 0.0918. The molecule has 7 heteroatoms. The average molecular weight is 320 g/mol. The highest BCUT2D eigenvalue weighted by Gasteiger charge is 2.12. The van der Waals surface area contributed by atoms with Gasteiger partial charge in [0.2, 0.25) is 0 Å². The van der Waals surface area contributed by atoms with Crippen molar-refractivity contribution in [3.8, 4) is 17.6 Å². The van der Waals surface area contributed by atoms with E-state index in [-0.39, 0.29) is 17.0 Å². The van der Waals surface area contributed by atoms with Gasteiger partial charge in [-0.1, -0.05) is 0 Å². The molecule has 0 saturated heterocycles. The Morgan fingerprint density at radius 1 is 1.37 bits per heavy atom. The number of hydrogen-bond donors (Lipinski definition) is 0. The van der Waals surface area contributed by atoms with E-state index in [4.69, 9.17) is 10.00 Å². The number of nitro groups is 1. The highest BCUT2D eigenvalue weighted by atomic mass is 79.9. The van der Waals surface area contributed by atoms with E-state index in [1.54, 1.807) is 12.3 Å². The van der Waals surface area contributed by atoms with Gasteiger partial charge in [0.05, 0.1) is 11.1 Å². The lowest BCUT2D eigenvalue weighted by Gasteiger charge is -2.06. The SMILES string of the molecule is N#Cc1cc([N+](=O)[O-])ccc1Oc1cncc(Br)c1. The molecule has 0 unspecified atom stereocenters. The third-order valence-corrected chi connectivity index (χ3v) is 2.64. The number of halogens is 1. The molecule has 0 spiro atoms. The maximum Gasteiger partial charge on any atom is 0.271 e. The van der Waals surface area contributed by atoms with Crippen molar-refractivity contribution in [2.45, 2.75) is 0 Å². The van der Waals surface area contributed by atoms with E-state index in [2.05, 4.69) is 20.9 Å². The van der Waals surface area contributed by atoms with E-state index in [0.29, 0.717) is 5.75 Å². The van der Waals surface area contributed by atoms with Gasteiger partial charge in [-0.3, -0.25) is 15.1 Å². The first-order valence-corrected chi connectivity index (χ1v) is 5.86. The second-order valence-corrected chi connectivity index (χ2v) is 4.41. The van der Waals surface area contributed by atoms with E-state index >= 15 is 0 Å². The van der Waals surface area contributed by atoms with E-state index in [9.17, 15) is 10.1 Å². The molecule has 0 saturated carbocycles. The first-order valence-electron chi connectivity index (χ1n) is 5.07. The Morgan fingerprint density at radius 3 is 2.79 bits per heavy atom. The van der Waals surface area contributed by atoms with Crippen LogP contribution in [0.4, 0.5) is 5.69 Å². The maximum atomic E-state index is 10.6. The van der Waals surface area contributed by atoms with E-state index in [1.165, 1.54) is 24.4 Å². The Balaban J connectivity index is 2.36. The number of ether oxygens (including phenoxy) is 1. The molecule has 0 N–H and O–H groups in total. The second kappa shape index (κ2) is 5.46. The number of hydrogen-bond acceptors (Lipinski definition) is 5. The maximum absolute atomic E-state index is 10.6. The molecule has 19 heavy (non-hydrogen) atoms. The highest BCUT2D eigenvalue weighted by molar-refractivity contribution is 9.10. The molecule has 0 atom stereocenters. The minimum Gasteiger partial charge on any atom is -0.454 e. The first-order chi connectivity index (χ1) is 9.10.